The largest absolute Gasteiger partial charge is 0.444 e. The first-order valence-corrected chi connectivity index (χ1v) is 8.42. The van der Waals surface area contributed by atoms with Gasteiger partial charge in [0.05, 0.1) is 0 Å². The monoisotopic (exact) mass is 322 g/mol. The van der Waals surface area contributed by atoms with Crippen molar-refractivity contribution < 1.29 is 14.1 Å². The van der Waals surface area contributed by atoms with E-state index in [9.17, 15) is 4.79 Å². The number of piperidine rings is 1. The maximum Gasteiger partial charge on any atom is 0.410 e. The fourth-order valence-corrected chi connectivity index (χ4v) is 3.65. The summed E-state index contributed by atoms with van der Waals surface area (Å²) in [5.41, 5.74) is -0.434. The van der Waals surface area contributed by atoms with Crippen molar-refractivity contribution in [2.24, 2.45) is 0 Å². The van der Waals surface area contributed by atoms with Crippen LogP contribution >= 0.6 is 0 Å². The molecule has 0 aromatic carbocycles. The molecule has 3 heterocycles. The summed E-state index contributed by atoms with van der Waals surface area (Å²) in [4.78, 5) is 18.4. The minimum Gasteiger partial charge on any atom is -0.444 e. The number of fused-ring (bicyclic) bond motifs is 2. The molecule has 128 valence electrons. The van der Waals surface area contributed by atoms with Crippen LogP contribution in [0.2, 0.25) is 0 Å². The molecule has 2 aliphatic heterocycles. The number of amides is 1. The number of hydrogen-bond acceptors (Lipinski definition) is 6. The summed E-state index contributed by atoms with van der Waals surface area (Å²) in [7, 11) is 0. The van der Waals surface area contributed by atoms with E-state index in [-0.39, 0.29) is 6.09 Å². The molecule has 23 heavy (non-hydrogen) atoms. The zero-order valence-electron chi connectivity index (χ0n) is 14.1. The smallest absolute Gasteiger partial charge is 0.410 e. The number of nitrogens with zero attached hydrogens (tertiary/aromatic N) is 3. The Kier molecular flexibility index (Phi) is 4.57. The van der Waals surface area contributed by atoms with Gasteiger partial charge in [-0.05, 0) is 46.5 Å². The van der Waals surface area contributed by atoms with Crippen molar-refractivity contribution in [1.29, 1.82) is 0 Å². The molecule has 2 unspecified atom stereocenters. The van der Waals surface area contributed by atoms with Crippen molar-refractivity contribution in [1.82, 2.24) is 20.4 Å². The zero-order chi connectivity index (χ0) is 16.4. The molecule has 1 aromatic heterocycles. The van der Waals surface area contributed by atoms with E-state index >= 15 is 0 Å². The summed E-state index contributed by atoms with van der Waals surface area (Å²) >= 11 is 0. The third-order valence-electron chi connectivity index (χ3n) is 4.53. The molecule has 0 saturated carbocycles. The Labute approximate surface area is 136 Å². The van der Waals surface area contributed by atoms with Crippen LogP contribution < -0.4 is 5.32 Å². The van der Waals surface area contributed by atoms with E-state index in [0.29, 0.717) is 18.1 Å². The van der Waals surface area contributed by atoms with E-state index in [0.717, 1.165) is 44.5 Å². The van der Waals surface area contributed by atoms with Gasteiger partial charge in [-0.2, -0.15) is 4.98 Å². The van der Waals surface area contributed by atoms with Crippen LogP contribution in [0, 0.1) is 0 Å². The highest BCUT2D eigenvalue weighted by Gasteiger charge is 2.44. The standard InChI is InChI=1S/C16H26N4O3/c1-16(2,3)23-15(21)20-12-4-5-13(20)9-11(8-12)17-7-6-14-18-10-22-19-14/h10-13,17H,4-9H2,1-3H3. The lowest BCUT2D eigenvalue weighted by molar-refractivity contribution is 0.00477. The van der Waals surface area contributed by atoms with Crippen molar-refractivity contribution in [3.05, 3.63) is 12.2 Å². The SMILES string of the molecule is CC(C)(C)OC(=O)N1C2CCC1CC(NCCc1ncon1)C2. The van der Waals surface area contributed by atoms with Gasteiger partial charge in [-0.1, -0.05) is 5.16 Å². The Morgan fingerprint density at radius 2 is 2.09 bits per heavy atom. The summed E-state index contributed by atoms with van der Waals surface area (Å²) < 4.78 is 10.3. The summed E-state index contributed by atoms with van der Waals surface area (Å²) in [6, 6.07) is 1.04. The van der Waals surface area contributed by atoms with Crippen LogP contribution in [0.25, 0.3) is 0 Å². The van der Waals surface area contributed by atoms with Gasteiger partial charge in [0.25, 0.3) is 0 Å². The van der Waals surface area contributed by atoms with Gasteiger partial charge in [0.1, 0.15) is 5.60 Å². The quantitative estimate of drug-likeness (QED) is 0.914. The van der Waals surface area contributed by atoms with Crippen LogP contribution in [-0.4, -0.2) is 51.4 Å². The normalized spacial score (nSPS) is 27.3. The zero-order valence-corrected chi connectivity index (χ0v) is 14.1. The third-order valence-corrected chi connectivity index (χ3v) is 4.53. The van der Waals surface area contributed by atoms with Crippen LogP contribution in [0.1, 0.15) is 52.3 Å². The number of carbonyl (C=O) groups is 1. The van der Waals surface area contributed by atoms with Crippen molar-refractivity contribution in [3.63, 3.8) is 0 Å². The van der Waals surface area contributed by atoms with Crippen LogP contribution in [0.3, 0.4) is 0 Å². The van der Waals surface area contributed by atoms with E-state index in [4.69, 9.17) is 9.26 Å². The van der Waals surface area contributed by atoms with Gasteiger partial charge in [0, 0.05) is 31.1 Å². The third kappa shape index (κ3) is 4.02. The van der Waals surface area contributed by atoms with E-state index < -0.39 is 5.60 Å². The number of rotatable bonds is 4. The minimum atomic E-state index is -0.434. The van der Waals surface area contributed by atoms with Gasteiger partial charge in [0.15, 0.2) is 5.82 Å². The average molecular weight is 322 g/mol. The first-order valence-electron chi connectivity index (χ1n) is 8.42. The minimum absolute atomic E-state index is 0.157. The number of nitrogens with one attached hydrogen (secondary N) is 1. The number of hydrogen-bond donors (Lipinski definition) is 1. The molecule has 1 N–H and O–H groups in total. The Morgan fingerprint density at radius 3 is 2.65 bits per heavy atom. The predicted molar refractivity (Wildman–Crippen MR) is 83.9 cm³/mol. The maximum atomic E-state index is 12.4. The lowest BCUT2D eigenvalue weighted by atomic mass is 9.97. The second kappa shape index (κ2) is 6.47. The average Bonchev–Trinajstić information content (AvgIpc) is 3.04. The Balaban J connectivity index is 1.49. The number of carbonyl (C=O) groups excluding carboxylic acids is 1. The fraction of sp³-hybridized carbons (Fsp3) is 0.812. The lowest BCUT2D eigenvalue weighted by Gasteiger charge is -2.39. The Morgan fingerprint density at radius 1 is 1.39 bits per heavy atom. The van der Waals surface area contributed by atoms with Gasteiger partial charge in [0.2, 0.25) is 6.39 Å². The van der Waals surface area contributed by atoms with Gasteiger partial charge >= 0.3 is 6.09 Å². The highest BCUT2D eigenvalue weighted by molar-refractivity contribution is 5.69. The first-order chi connectivity index (χ1) is 10.9. The molecule has 0 spiro atoms. The Hall–Kier alpha value is -1.63. The fourth-order valence-electron chi connectivity index (χ4n) is 3.65. The second-order valence-electron chi connectivity index (χ2n) is 7.49. The Bertz CT molecular complexity index is 512. The summed E-state index contributed by atoms with van der Waals surface area (Å²) in [5, 5.41) is 7.38. The molecule has 1 amide bonds. The molecule has 2 saturated heterocycles. The molecule has 2 fully saturated rings. The van der Waals surface area contributed by atoms with Crippen molar-refractivity contribution >= 4 is 6.09 Å². The maximum absolute atomic E-state index is 12.4. The molecule has 1 aromatic rings. The van der Waals surface area contributed by atoms with E-state index in [2.05, 4.69) is 15.5 Å². The van der Waals surface area contributed by atoms with Gasteiger partial charge in [-0.25, -0.2) is 4.79 Å². The van der Waals surface area contributed by atoms with Gasteiger partial charge in [-0.15, -0.1) is 0 Å². The molecular formula is C16H26N4O3. The summed E-state index contributed by atoms with van der Waals surface area (Å²) in [6.45, 7) is 6.58. The van der Waals surface area contributed by atoms with E-state index in [1.165, 1.54) is 6.39 Å². The van der Waals surface area contributed by atoms with E-state index in [1.54, 1.807) is 0 Å². The van der Waals surface area contributed by atoms with Crippen molar-refractivity contribution in [2.75, 3.05) is 6.54 Å². The molecule has 2 aliphatic rings. The lowest BCUT2D eigenvalue weighted by Crippen LogP contribution is -2.52. The van der Waals surface area contributed by atoms with Crippen molar-refractivity contribution in [2.45, 2.75) is 76.6 Å². The molecule has 7 heteroatoms. The molecule has 7 nitrogen and oxygen atoms in total. The highest BCUT2D eigenvalue weighted by atomic mass is 16.6. The summed E-state index contributed by atoms with van der Waals surface area (Å²) in [6.07, 6.45) is 6.09. The summed E-state index contributed by atoms with van der Waals surface area (Å²) in [5.74, 6) is 0.728. The van der Waals surface area contributed by atoms with E-state index in [1.807, 2.05) is 25.7 Å². The molecule has 2 bridgehead atoms. The molecule has 3 rings (SSSR count). The molecular weight excluding hydrogens is 296 g/mol. The van der Waals surface area contributed by atoms with Crippen LogP contribution in [-0.2, 0) is 11.2 Å². The van der Waals surface area contributed by atoms with Crippen molar-refractivity contribution in [3.8, 4) is 0 Å². The van der Waals surface area contributed by atoms with Crippen LogP contribution in [0.15, 0.2) is 10.9 Å². The van der Waals surface area contributed by atoms with Crippen LogP contribution in [0.5, 0.6) is 0 Å². The highest BCUT2D eigenvalue weighted by Crippen LogP contribution is 2.36. The predicted octanol–water partition coefficient (Wildman–Crippen LogP) is 2.13. The van der Waals surface area contributed by atoms with Gasteiger partial charge < -0.3 is 19.5 Å². The molecule has 2 atom stereocenters. The first kappa shape index (κ1) is 16.2. The topological polar surface area (TPSA) is 80.5 Å². The van der Waals surface area contributed by atoms with Gasteiger partial charge in [-0.3, -0.25) is 0 Å². The molecule has 0 radical (unpaired) electrons. The molecule has 0 aliphatic carbocycles. The second-order valence-corrected chi connectivity index (χ2v) is 7.49. The number of ether oxygens (including phenoxy) is 1. The van der Waals surface area contributed by atoms with Crippen LogP contribution in [0.4, 0.5) is 4.79 Å². The number of aromatic nitrogens is 2.